The minimum Gasteiger partial charge on any atom is -0.396 e. The number of rotatable bonds is 2. The van der Waals surface area contributed by atoms with Gasteiger partial charge in [-0.25, -0.2) is 0 Å². The van der Waals surface area contributed by atoms with Gasteiger partial charge >= 0.3 is 0 Å². The molecule has 3 heteroatoms. The number of hydrogen-bond acceptors (Lipinski definition) is 2. The maximum absolute atomic E-state index is 8.82. The van der Waals surface area contributed by atoms with E-state index in [1.165, 1.54) is 0 Å². The molecule has 0 amide bonds. The van der Waals surface area contributed by atoms with Crippen molar-refractivity contribution in [1.29, 1.82) is 0 Å². The first-order chi connectivity index (χ1) is 5.96. The third-order valence-electron chi connectivity index (χ3n) is 2.13. The fourth-order valence-electron chi connectivity index (χ4n) is 1.49. The van der Waals surface area contributed by atoms with Gasteiger partial charge < -0.3 is 5.11 Å². The molecule has 0 fully saturated rings. The van der Waals surface area contributed by atoms with Crippen LogP contribution in [0.2, 0.25) is 0 Å². The molecule has 1 aromatic heterocycles. The van der Waals surface area contributed by atoms with Crippen molar-refractivity contribution in [3.8, 4) is 0 Å². The van der Waals surface area contributed by atoms with Gasteiger partial charge in [-0.2, -0.15) is 5.10 Å². The molecule has 0 aliphatic carbocycles. The minimum absolute atomic E-state index is 0.0256. The zero-order valence-electron chi connectivity index (χ0n) is 8.83. The molecule has 0 unspecified atom stereocenters. The SMILES string of the molecule is Cc1c(CCO)cnn1C(C)(C)C. The van der Waals surface area contributed by atoms with E-state index in [2.05, 4.69) is 25.9 Å². The molecule has 0 aliphatic rings. The molecule has 0 saturated carbocycles. The van der Waals surface area contributed by atoms with E-state index in [-0.39, 0.29) is 12.1 Å². The summed E-state index contributed by atoms with van der Waals surface area (Å²) in [4.78, 5) is 0. The van der Waals surface area contributed by atoms with Crippen LogP contribution in [0.5, 0.6) is 0 Å². The van der Waals surface area contributed by atoms with Gasteiger partial charge in [-0.3, -0.25) is 4.68 Å². The summed E-state index contributed by atoms with van der Waals surface area (Å²) in [6.45, 7) is 8.60. The highest BCUT2D eigenvalue weighted by atomic mass is 16.2. The first-order valence-corrected chi connectivity index (χ1v) is 4.61. The van der Waals surface area contributed by atoms with Crippen molar-refractivity contribution in [2.24, 2.45) is 0 Å². The van der Waals surface area contributed by atoms with Crippen molar-refractivity contribution in [1.82, 2.24) is 9.78 Å². The highest BCUT2D eigenvalue weighted by molar-refractivity contribution is 5.17. The van der Waals surface area contributed by atoms with E-state index in [9.17, 15) is 0 Å². The summed E-state index contributed by atoms with van der Waals surface area (Å²) in [7, 11) is 0. The number of aliphatic hydroxyl groups is 1. The van der Waals surface area contributed by atoms with Crippen molar-refractivity contribution < 1.29 is 5.11 Å². The van der Waals surface area contributed by atoms with E-state index in [1.807, 2.05) is 17.8 Å². The van der Waals surface area contributed by atoms with Crippen LogP contribution in [0, 0.1) is 6.92 Å². The average molecular weight is 182 g/mol. The van der Waals surface area contributed by atoms with Gasteiger partial charge in [-0.1, -0.05) is 0 Å². The molecule has 3 nitrogen and oxygen atoms in total. The molecule has 1 aromatic rings. The van der Waals surface area contributed by atoms with Crippen LogP contribution in [0.3, 0.4) is 0 Å². The van der Waals surface area contributed by atoms with Crippen molar-refractivity contribution in [2.75, 3.05) is 6.61 Å². The Morgan fingerprint density at radius 2 is 2.08 bits per heavy atom. The standard InChI is InChI=1S/C10H18N2O/c1-8-9(5-6-13)7-11-12(8)10(2,3)4/h7,13H,5-6H2,1-4H3. The Morgan fingerprint density at radius 3 is 2.46 bits per heavy atom. The van der Waals surface area contributed by atoms with E-state index in [0.717, 1.165) is 11.3 Å². The Labute approximate surface area is 79.4 Å². The van der Waals surface area contributed by atoms with E-state index < -0.39 is 0 Å². The van der Waals surface area contributed by atoms with Crippen LogP contribution in [-0.2, 0) is 12.0 Å². The lowest BCUT2D eigenvalue weighted by Gasteiger charge is -2.21. The van der Waals surface area contributed by atoms with Gasteiger partial charge in [0.2, 0.25) is 0 Å². The summed E-state index contributed by atoms with van der Waals surface area (Å²) in [5.74, 6) is 0. The topological polar surface area (TPSA) is 38.1 Å². The molecular weight excluding hydrogens is 164 g/mol. The van der Waals surface area contributed by atoms with Crippen LogP contribution in [0.15, 0.2) is 6.20 Å². The Hall–Kier alpha value is -0.830. The van der Waals surface area contributed by atoms with Gasteiger partial charge in [0.25, 0.3) is 0 Å². The smallest absolute Gasteiger partial charge is 0.0546 e. The molecule has 1 heterocycles. The van der Waals surface area contributed by atoms with Crippen LogP contribution >= 0.6 is 0 Å². The summed E-state index contributed by atoms with van der Waals surface area (Å²) >= 11 is 0. The number of hydrogen-bond donors (Lipinski definition) is 1. The Balaban J connectivity index is 2.99. The van der Waals surface area contributed by atoms with Crippen LogP contribution in [0.25, 0.3) is 0 Å². The number of aromatic nitrogens is 2. The van der Waals surface area contributed by atoms with Gasteiger partial charge in [0, 0.05) is 12.3 Å². The third-order valence-corrected chi connectivity index (χ3v) is 2.13. The maximum Gasteiger partial charge on any atom is 0.0546 e. The van der Waals surface area contributed by atoms with Crippen molar-refractivity contribution in [3.63, 3.8) is 0 Å². The molecule has 0 atom stereocenters. The molecule has 1 rings (SSSR count). The molecule has 1 N–H and O–H groups in total. The predicted molar refractivity (Wildman–Crippen MR) is 52.7 cm³/mol. The van der Waals surface area contributed by atoms with Crippen LogP contribution < -0.4 is 0 Å². The highest BCUT2D eigenvalue weighted by Crippen LogP contribution is 2.18. The van der Waals surface area contributed by atoms with Gasteiger partial charge in [0.05, 0.1) is 11.7 Å². The fourth-order valence-corrected chi connectivity index (χ4v) is 1.49. The molecular formula is C10H18N2O. The monoisotopic (exact) mass is 182 g/mol. The first-order valence-electron chi connectivity index (χ1n) is 4.61. The van der Waals surface area contributed by atoms with E-state index in [4.69, 9.17) is 5.11 Å². The lowest BCUT2D eigenvalue weighted by molar-refractivity contribution is 0.298. The van der Waals surface area contributed by atoms with Crippen LogP contribution in [-0.4, -0.2) is 21.5 Å². The van der Waals surface area contributed by atoms with Gasteiger partial charge in [0.15, 0.2) is 0 Å². The quantitative estimate of drug-likeness (QED) is 0.752. The summed E-state index contributed by atoms with van der Waals surface area (Å²) in [5.41, 5.74) is 2.32. The second-order valence-corrected chi connectivity index (χ2v) is 4.31. The summed E-state index contributed by atoms with van der Waals surface area (Å²) in [6.07, 6.45) is 2.54. The zero-order chi connectivity index (χ0) is 10.1. The predicted octanol–water partition coefficient (Wildman–Crippen LogP) is 1.48. The van der Waals surface area contributed by atoms with E-state index in [0.29, 0.717) is 6.42 Å². The Morgan fingerprint density at radius 1 is 1.46 bits per heavy atom. The molecule has 0 spiro atoms. The van der Waals surface area contributed by atoms with E-state index >= 15 is 0 Å². The van der Waals surface area contributed by atoms with Gasteiger partial charge in [0.1, 0.15) is 0 Å². The van der Waals surface area contributed by atoms with Gasteiger partial charge in [-0.05, 0) is 39.7 Å². The lowest BCUT2D eigenvalue weighted by Crippen LogP contribution is -2.24. The zero-order valence-corrected chi connectivity index (χ0v) is 8.83. The second-order valence-electron chi connectivity index (χ2n) is 4.31. The number of aliphatic hydroxyl groups excluding tert-OH is 1. The third kappa shape index (κ3) is 2.10. The van der Waals surface area contributed by atoms with Gasteiger partial charge in [-0.15, -0.1) is 0 Å². The summed E-state index contributed by atoms with van der Waals surface area (Å²) in [5, 5.41) is 13.1. The number of nitrogens with zero attached hydrogens (tertiary/aromatic N) is 2. The highest BCUT2D eigenvalue weighted by Gasteiger charge is 2.17. The maximum atomic E-state index is 8.82. The molecule has 13 heavy (non-hydrogen) atoms. The summed E-state index contributed by atoms with van der Waals surface area (Å²) < 4.78 is 2.00. The molecule has 74 valence electrons. The largest absolute Gasteiger partial charge is 0.396 e. The average Bonchev–Trinajstić information content (AvgIpc) is 2.32. The normalized spacial score (nSPS) is 12.1. The molecule has 0 saturated heterocycles. The summed E-state index contributed by atoms with van der Waals surface area (Å²) in [6, 6.07) is 0. The lowest BCUT2D eigenvalue weighted by atomic mass is 10.1. The van der Waals surface area contributed by atoms with Crippen LogP contribution in [0.1, 0.15) is 32.0 Å². The Bertz CT molecular complexity index is 284. The molecule has 0 radical (unpaired) electrons. The fraction of sp³-hybridized carbons (Fsp3) is 0.700. The molecule has 0 bridgehead atoms. The Kier molecular flexibility index (Phi) is 2.76. The van der Waals surface area contributed by atoms with Crippen molar-refractivity contribution in [2.45, 2.75) is 39.7 Å². The van der Waals surface area contributed by atoms with E-state index in [1.54, 1.807) is 0 Å². The molecule has 0 aliphatic heterocycles. The van der Waals surface area contributed by atoms with Crippen molar-refractivity contribution >= 4 is 0 Å². The minimum atomic E-state index is 0.0256. The van der Waals surface area contributed by atoms with Crippen LogP contribution in [0.4, 0.5) is 0 Å². The molecule has 0 aromatic carbocycles. The first kappa shape index (κ1) is 10.3. The van der Waals surface area contributed by atoms with Crippen molar-refractivity contribution in [3.05, 3.63) is 17.5 Å². The second kappa shape index (κ2) is 3.50.